The van der Waals surface area contributed by atoms with Crippen molar-refractivity contribution in [3.63, 3.8) is 0 Å². The summed E-state index contributed by atoms with van der Waals surface area (Å²) in [5.41, 5.74) is 3.25. The number of nitrogens with one attached hydrogen (secondary N) is 1. The molecule has 0 amide bonds. The number of rotatable bonds is 6. The maximum atomic E-state index is 12.5. The van der Waals surface area contributed by atoms with E-state index in [1.54, 1.807) is 11.3 Å². The minimum Gasteiger partial charge on any atom is -0.327 e. The molecule has 4 rings (SSSR count). The molecule has 0 spiro atoms. The summed E-state index contributed by atoms with van der Waals surface area (Å²) in [6.45, 7) is 6.51. The van der Waals surface area contributed by atoms with E-state index < -0.39 is 0 Å². The van der Waals surface area contributed by atoms with Gasteiger partial charge in [-0.3, -0.25) is 4.79 Å². The van der Waals surface area contributed by atoms with Gasteiger partial charge in [0.25, 0.3) is 5.56 Å². The minimum absolute atomic E-state index is 0.00387. The molecule has 0 unspecified atom stereocenters. The summed E-state index contributed by atoms with van der Waals surface area (Å²) in [5.74, 6) is 1.22. The van der Waals surface area contributed by atoms with E-state index in [1.165, 1.54) is 16.0 Å². The van der Waals surface area contributed by atoms with Crippen molar-refractivity contribution in [1.29, 1.82) is 0 Å². The Bertz CT molecular complexity index is 1150. The molecule has 2 aromatic heterocycles. The first kappa shape index (κ1) is 19.6. The van der Waals surface area contributed by atoms with Crippen molar-refractivity contribution in [1.82, 2.24) is 9.97 Å². The Balaban J connectivity index is 1.67. The lowest BCUT2D eigenvalue weighted by Gasteiger charge is -2.20. The molecule has 0 fully saturated rings. The average Bonchev–Trinajstić information content (AvgIpc) is 3.26. The standard InChI is InChI=1S/C24H25N3OS/c1-15(2)17-10-12-18(13-11-17)22(21-9-6-14-29-21)25-16(3)23-26-20-8-5-4-7-19(20)24(28)27-23/h4-16,22,25H,1-3H3,(H,26,27,28)/p+1/t16-,22-/m1/s1. The molecule has 4 aromatic rings. The molecule has 0 saturated carbocycles. The van der Waals surface area contributed by atoms with Crippen LogP contribution in [0.5, 0.6) is 0 Å². The van der Waals surface area contributed by atoms with E-state index >= 15 is 0 Å². The number of quaternary nitrogens is 1. The van der Waals surface area contributed by atoms with Crippen molar-refractivity contribution in [2.24, 2.45) is 0 Å². The maximum Gasteiger partial charge on any atom is 0.258 e. The van der Waals surface area contributed by atoms with Crippen LogP contribution in [-0.2, 0) is 0 Å². The van der Waals surface area contributed by atoms with Crippen molar-refractivity contribution in [3.8, 4) is 0 Å². The van der Waals surface area contributed by atoms with Crippen LogP contribution in [0.3, 0.4) is 0 Å². The van der Waals surface area contributed by atoms with Gasteiger partial charge in [0.05, 0.1) is 15.8 Å². The van der Waals surface area contributed by atoms with E-state index in [-0.39, 0.29) is 17.6 Å². The topological polar surface area (TPSA) is 62.4 Å². The van der Waals surface area contributed by atoms with Gasteiger partial charge in [0.1, 0.15) is 12.1 Å². The van der Waals surface area contributed by atoms with Crippen LogP contribution in [0.1, 0.15) is 60.6 Å². The molecule has 2 heterocycles. The van der Waals surface area contributed by atoms with E-state index in [9.17, 15) is 4.79 Å². The van der Waals surface area contributed by atoms with Gasteiger partial charge in [-0.05, 0) is 42.0 Å². The smallest absolute Gasteiger partial charge is 0.258 e. The fourth-order valence-corrected chi connectivity index (χ4v) is 4.46. The number of hydrogen-bond acceptors (Lipinski definition) is 3. The zero-order valence-electron chi connectivity index (χ0n) is 16.9. The lowest BCUT2D eigenvalue weighted by Crippen LogP contribution is -2.86. The SMILES string of the molecule is CC(C)c1ccc([C@@H]([NH2+][C@H](C)c2nc3ccccc3c(=O)[nH]2)c2cccs2)cc1. The summed E-state index contributed by atoms with van der Waals surface area (Å²) in [6, 6.07) is 20.8. The number of para-hydroxylation sites is 1. The van der Waals surface area contributed by atoms with E-state index in [0.29, 0.717) is 17.1 Å². The molecule has 0 saturated heterocycles. The first-order chi connectivity index (χ1) is 14.0. The zero-order chi connectivity index (χ0) is 20.4. The first-order valence-corrected chi connectivity index (χ1v) is 10.9. The van der Waals surface area contributed by atoms with Gasteiger partial charge in [-0.25, -0.2) is 4.98 Å². The highest BCUT2D eigenvalue weighted by atomic mass is 32.1. The second kappa shape index (κ2) is 8.31. The van der Waals surface area contributed by atoms with Crippen molar-refractivity contribution >= 4 is 22.2 Å². The number of fused-ring (bicyclic) bond motifs is 1. The molecule has 3 N–H and O–H groups in total. The third kappa shape index (κ3) is 4.16. The van der Waals surface area contributed by atoms with E-state index in [1.807, 2.05) is 24.3 Å². The molecule has 4 nitrogen and oxygen atoms in total. The number of benzene rings is 2. The number of nitrogens with two attached hydrogens (primary N) is 1. The summed E-state index contributed by atoms with van der Waals surface area (Å²) < 4.78 is 0. The van der Waals surface area contributed by atoms with E-state index in [4.69, 9.17) is 4.98 Å². The van der Waals surface area contributed by atoms with Crippen LogP contribution in [0.2, 0.25) is 0 Å². The molecule has 29 heavy (non-hydrogen) atoms. The van der Waals surface area contributed by atoms with Gasteiger partial charge in [-0.1, -0.05) is 56.3 Å². The van der Waals surface area contributed by atoms with Gasteiger partial charge in [0.2, 0.25) is 0 Å². The van der Waals surface area contributed by atoms with Crippen molar-refractivity contribution in [3.05, 3.63) is 98.2 Å². The summed E-state index contributed by atoms with van der Waals surface area (Å²) in [4.78, 5) is 21.5. The Hall–Kier alpha value is -2.76. The Morgan fingerprint density at radius 2 is 1.66 bits per heavy atom. The summed E-state index contributed by atoms with van der Waals surface area (Å²) in [6.07, 6.45) is 0. The van der Waals surface area contributed by atoms with Gasteiger partial charge in [-0.2, -0.15) is 0 Å². The van der Waals surface area contributed by atoms with Crippen molar-refractivity contribution < 1.29 is 5.32 Å². The predicted molar refractivity (Wildman–Crippen MR) is 119 cm³/mol. The first-order valence-electron chi connectivity index (χ1n) is 10.00. The highest BCUT2D eigenvalue weighted by Gasteiger charge is 2.24. The quantitative estimate of drug-likeness (QED) is 0.496. The summed E-state index contributed by atoms with van der Waals surface area (Å²) in [7, 11) is 0. The summed E-state index contributed by atoms with van der Waals surface area (Å²) in [5, 5.41) is 5.02. The van der Waals surface area contributed by atoms with Crippen LogP contribution < -0.4 is 10.9 Å². The zero-order valence-corrected chi connectivity index (χ0v) is 17.7. The van der Waals surface area contributed by atoms with Gasteiger partial charge >= 0.3 is 0 Å². The number of aromatic amines is 1. The molecular weight excluding hydrogens is 378 g/mol. The van der Waals surface area contributed by atoms with Crippen molar-refractivity contribution in [2.75, 3.05) is 0 Å². The normalized spacial score (nSPS) is 13.7. The second-order valence-electron chi connectivity index (χ2n) is 7.76. The van der Waals surface area contributed by atoms with Gasteiger partial charge < -0.3 is 10.3 Å². The molecule has 0 aliphatic carbocycles. The molecule has 0 aliphatic rings. The highest BCUT2D eigenvalue weighted by molar-refractivity contribution is 7.10. The largest absolute Gasteiger partial charge is 0.327 e. The molecule has 0 radical (unpaired) electrons. The molecule has 2 atom stereocenters. The van der Waals surface area contributed by atoms with Crippen LogP contribution in [0.25, 0.3) is 10.9 Å². The molecular formula is C24H26N3OS+. The maximum absolute atomic E-state index is 12.5. The van der Waals surface area contributed by atoms with E-state index in [0.717, 1.165) is 5.52 Å². The van der Waals surface area contributed by atoms with Crippen LogP contribution >= 0.6 is 11.3 Å². The average molecular weight is 405 g/mol. The second-order valence-corrected chi connectivity index (χ2v) is 8.74. The third-order valence-electron chi connectivity index (χ3n) is 5.36. The number of H-pyrrole nitrogens is 1. The fraction of sp³-hybridized carbons (Fsp3) is 0.250. The predicted octanol–water partition coefficient (Wildman–Crippen LogP) is 4.52. The summed E-state index contributed by atoms with van der Waals surface area (Å²) >= 11 is 1.76. The van der Waals surface area contributed by atoms with Crippen LogP contribution in [0.15, 0.2) is 70.8 Å². The van der Waals surface area contributed by atoms with Crippen molar-refractivity contribution in [2.45, 2.75) is 38.8 Å². The minimum atomic E-state index is -0.0835. The van der Waals surface area contributed by atoms with Crippen LogP contribution in [-0.4, -0.2) is 9.97 Å². The fourth-order valence-electron chi connectivity index (χ4n) is 3.63. The van der Waals surface area contributed by atoms with Crippen LogP contribution in [0, 0.1) is 0 Å². The molecule has 5 heteroatoms. The molecule has 148 valence electrons. The highest BCUT2D eigenvalue weighted by Crippen LogP contribution is 2.25. The number of thiophene rings is 1. The number of nitrogens with zero attached hydrogens (tertiary/aromatic N) is 1. The van der Waals surface area contributed by atoms with Gasteiger partial charge in [0.15, 0.2) is 5.82 Å². The number of hydrogen-bond donors (Lipinski definition) is 2. The Labute approximate surface area is 174 Å². The van der Waals surface area contributed by atoms with Crippen LogP contribution in [0.4, 0.5) is 0 Å². The Kier molecular flexibility index (Phi) is 5.60. The lowest BCUT2D eigenvalue weighted by molar-refractivity contribution is -0.723. The Morgan fingerprint density at radius 1 is 0.931 bits per heavy atom. The Morgan fingerprint density at radius 3 is 2.34 bits per heavy atom. The monoisotopic (exact) mass is 404 g/mol. The third-order valence-corrected chi connectivity index (χ3v) is 6.31. The molecule has 0 bridgehead atoms. The number of aromatic nitrogens is 2. The van der Waals surface area contributed by atoms with Gasteiger partial charge in [0, 0.05) is 5.56 Å². The van der Waals surface area contributed by atoms with Gasteiger partial charge in [-0.15, -0.1) is 11.3 Å². The molecule has 2 aromatic carbocycles. The lowest BCUT2D eigenvalue weighted by atomic mass is 9.98. The molecule has 0 aliphatic heterocycles. The van der Waals surface area contributed by atoms with E-state index in [2.05, 4.69) is 72.9 Å².